The van der Waals surface area contributed by atoms with Gasteiger partial charge in [-0.15, -0.1) is 0 Å². The van der Waals surface area contributed by atoms with Gasteiger partial charge in [-0.25, -0.2) is 9.59 Å². The van der Waals surface area contributed by atoms with E-state index in [1.54, 1.807) is 0 Å². The van der Waals surface area contributed by atoms with Crippen LogP contribution in [-0.2, 0) is 9.59 Å². The van der Waals surface area contributed by atoms with Gasteiger partial charge >= 0.3 is 11.9 Å². The second-order valence-corrected chi connectivity index (χ2v) is 2.62. The highest BCUT2D eigenvalue weighted by molar-refractivity contribution is 5.89. The molecule has 0 unspecified atom stereocenters. The minimum atomic E-state index is -1.26. The molecule has 0 radical (unpaired) electrons. The Kier molecular flexibility index (Phi) is 10.1. The summed E-state index contributed by atoms with van der Waals surface area (Å²) in [5, 5.41) is 15.6. The van der Waals surface area contributed by atoms with E-state index in [-0.39, 0.29) is 6.15 Å². The van der Waals surface area contributed by atoms with Gasteiger partial charge in [0.05, 0.1) is 0 Å². The number of hydrogen-bond acceptors (Lipinski definition) is 3. The third-order valence-corrected chi connectivity index (χ3v) is 1.40. The molecule has 5 nitrogen and oxygen atoms in total. The molecule has 0 saturated heterocycles. The number of carboxylic acids is 2. The summed E-state index contributed by atoms with van der Waals surface area (Å²) in [4.78, 5) is 19.1. The Morgan fingerprint density at radius 1 is 1.00 bits per heavy atom. The third kappa shape index (κ3) is 11.5. The zero-order valence-corrected chi connectivity index (χ0v) is 9.24. The van der Waals surface area contributed by atoms with Crippen molar-refractivity contribution in [1.29, 1.82) is 0 Å². The molecule has 0 heterocycles. The maximum absolute atomic E-state index is 9.55. The molecule has 0 amide bonds. The summed E-state index contributed by atoms with van der Waals surface area (Å²) in [7, 11) is 0. The highest BCUT2D eigenvalue weighted by Crippen LogP contribution is 1.97. The van der Waals surface area contributed by atoms with Crippen molar-refractivity contribution in [3.8, 4) is 0 Å². The second kappa shape index (κ2) is 10.1. The Labute approximate surface area is 99.3 Å². The average molecular weight is 237 g/mol. The zero-order chi connectivity index (χ0) is 12.4. The van der Waals surface area contributed by atoms with Gasteiger partial charge < -0.3 is 16.4 Å². The van der Waals surface area contributed by atoms with Gasteiger partial charge in [-0.05, 0) is 5.56 Å². The first-order valence-electron chi connectivity index (χ1n) is 4.37. The van der Waals surface area contributed by atoms with Gasteiger partial charge in [0.15, 0.2) is 0 Å². The van der Waals surface area contributed by atoms with Gasteiger partial charge in [-0.1, -0.05) is 43.0 Å². The fraction of sp³-hybridized carbons (Fsp3) is 0. The van der Waals surface area contributed by atoms with Crippen molar-refractivity contribution in [2.45, 2.75) is 0 Å². The molecule has 1 rings (SSSR count). The van der Waals surface area contributed by atoms with Crippen LogP contribution in [-0.4, -0.2) is 22.2 Å². The molecule has 17 heavy (non-hydrogen) atoms. The molecule has 0 aliphatic heterocycles. The normalized spacial score (nSPS) is 8.47. The molecule has 1 aromatic rings. The highest BCUT2D eigenvalue weighted by Gasteiger charge is 1.88. The molecular formula is C12H15NO4. The summed E-state index contributed by atoms with van der Waals surface area (Å²) in [5.74, 6) is -2.51. The Morgan fingerprint density at radius 2 is 1.41 bits per heavy atom. The largest absolute Gasteiger partial charge is 0.478 e. The van der Waals surface area contributed by atoms with Crippen LogP contribution in [0.15, 0.2) is 49.1 Å². The fourth-order valence-corrected chi connectivity index (χ4v) is 0.732. The topological polar surface area (TPSA) is 110 Å². The van der Waals surface area contributed by atoms with E-state index < -0.39 is 11.9 Å². The van der Waals surface area contributed by atoms with Gasteiger partial charge in [-0.2, -0.15) is 0 Å². The van der Waals surface area contributed by atoms with Crippen LogP contribution in [0.1, 0.15) is 5.56 Å². The molecule has 0 aliphatic rings. The summed E-state index contributed by atoms with van der Waals surface area (Å²) in [6, 6.07) is 10.0. The lowest BCUT2D eigenvalue weighted by atomic mass is 10.2. The Morgan fingerprint density at radius 3 is 1.65 bits per heavy atom. The van der Waals surface area contributed by atoms with Crippen molar-refractivity contribution >= 4 is 18.0 Å². The maximum atomic E-state index is 9.55. The van der Waals surface area contributed by atoms with Crippen LogP contribution in [0.4, 0.5) is 0 Å². The number of benzene rings is 1. The molecule has 92 valence electrons. The van der Waals surface area contributed by atoms with Crippen molar-refractivity contribution < 1.29 is 19.8 Å². The molecule has 1 aromatic carbocycles. The van der Waals surface area contributed by atoms with Crippen molar-refractivity contribution in [2.24, 2.45) is 0 Å². The average Bonchev–Trinajstić information content (AvgIpc) is 2.28. The molecule has 5 N–H and O–H groups in total. The maximum Gasteiger partial charge on any atom is 0.328 e. The molecule has 0 saturated carbocycles. The van der Waals surface area contributed by atoms with Gasteiger partial charge in [-0.3, -0.25) is 0 Å². The third-order valence-electron chi connectivity index (χ3n) is 1.40. The van der Waals surface area contributed by atoms with E-state index in [0.717, 1.165) is 0 Å². The van der Waals surface area contributed by atoms with Crippen molar-refractivity contribution in [1.82, 2.24) is 6.15 Å². The molecule has 0 fully saturated rings. The van der Waals surface area contributed by atoms with E-state index in [0.29, 0.717) is 12.2 Å². The first-order valence-corrected chi connectivity index (χ1v) is 4.37. The van der Waals surface area contributed by atoms with Crippen molar-refractivity contribution in [2.75, 3.05) is 0 Å². The minimum absolute atomic E-state index is 0. The van der Waals surface area contributed by atoms with E-state index in [1.165, 1.54) is 5.56 Å². The number of rotatable bonds is 3. The molecule has 0 bridgehead atoms. The Hall–Kier alpha value is -2.40. The van der Waals surface area contributed by atoms with Gasteiger partial charge in [0.1, 0.15) is 0 Å². The Bertz CT molecular complexity index is 369. The second-order valence-electron chi connectivity index (χ2n) is 2.62. The first-order chi connectivity index (χ1) is 7.56. The predicted molar refractivity (Wildman–Crippen MR) is 66.0 cm³/mol. The van der Waals surface area contributed by atoms with Crippen LogP contribution < -0.4 is 6.15 Å². The fourth-order valence-electron chi connectivity index (χ4n) is 0.732. The number of carboxylic acid groups (broad SMARTS) is 2. The Balaban J connectivity index is 0. The van der Waals surface area contributed by atoms with Crippen LogP contribution in [0.25, 0.3) is 6.08 Å². The monoisotopic (exact) mass is 237 g/mol. The predicted octanol–water partition coefficient (Wildman–Crippen LogP) is 2.20. The molecule has 0 atom stereocenters. The molecule has 0 aliphatic carbocycles. The number of hydrogen-bond donors (Lipinski definition) is 3. The molecule has 5 heteroatoms. The van der Waals surface area contributed by atoms with Crippen LogP contribution in [0.3, 0.4) is 0 Å². The quantitative estimate of drug-likeness (QED) is 0.698. The van der Waals surface area contributed by atoms with Gasteiger partial charge in [0, 0.05) is 12.2 Å². The smallest absolute Gasteiger partial charge is 0.328 e. The SMILES string of the molecule is C=Cc1ccccc1.N.O=C(O)/C=C\C(=O)O. The number of carbonyl (C=O) groups is 2. The van der Waals surface area contributed by atoms with Gasteiger partial charge in [0.25, 0.3) is 0 Å². The summed E-state index contributed by atoms with van der Waals surface area (Å²) < 4.78 is 0. The van der Waals surface area contributed by atoms with Crippen molar-refractivity contribution in [3.63, 3.8) is 0 Å². The number of aliphatic carboxylic acids is 2. The molecule has 0 aromatic heterocycles. The minimum Gasteiger partial charge on any atom is -0.478 e. The van der Waals surface area contributed by atoms with E-state index in [4.69, 9.17) is 10.2 Å². The summed E-state index contributed by atoms with van der Waals surface area (Å²) in [6.07, 6.45) is 2.95. The van der Waals surface area contributed by atoms with Crippen molar-refractivity contribution in [3.05, 3.63) is 54.6 Å². The molecule has 0 spiro atoms. The highest BCUT2D eigenvalue weighted by atomic mass is 16.4. The van der Waals surface area contributed by atoms with Crippen LogP contribution in [0.5, 0.6) is 0 Å². The van der Waals surface area contributed by atoms with Crippen LogP contribution in [0.2, 0.25) is 0 Å². The standard InChI is InChI=1S/C8H8.C4H4O4.H3N/c1-2-8-6-4-3-5-7-8;5-3(6)1-2-4(7)8;/h2-7H,1H2;1-2H,(H,5,6)(H,7,8);1H3/b;2-1-;. The van der Waals surface area contributed by atoms with Gasteiger partial charge in [0.2, 0.25) is 0 Å². The van der Waals surface area contributed by atoms with E-state index >= 15 is 0 Å². The van der Waals surface area contributed by atoms with E-state index in [2.05, 4.69) is 6.58 Å². The summed E-state index contributed by atoms with van der Waals surface area (Å²) in [5.41, 5.74) is 1.17. The van der Waals surface area contributed by atoms with Crippen LogP contribution >= 0.6 is 0 Å². The van der Waals surface area contributed by atoms with Crippen LogP contribution in [0, 0.1) is 0 Å². The lowest BCUT2D eigenvalue weighted by molar-refractivity contribution is -0.134. The first kappa shape index (κ1) is 17.0. The van der Waals surface area contributed by atoms with E-state index in [9.17, 15) is 9.59 Å². The zero-order valence-electron chi connectivity index (χ0n) is 9.24. The summed E-state index contributed by atoms with van der Waals surface area (Å²) in [6.45, 7) is 3.63. The summed E-state index contributed by atoms with van der Waals surface area (Å²) >= 11 is 0. The lowest BCUT2D eigenvalue weighted by Crippen LogP contribution is -1.91. The molecular weight excluding hydrogens is 222 g/mol. The lowest BCUT2D eigenvalue weighted by Gasteiger charge is -1.85. The van der Waals surface area contributed by atoms with E-state index in [1.807, 2.05) is 36.4 Å².